The van der Waals surface area contributed by atoms with Crippen LogP contribution in [0.25, 0.3) is 0 Å². The third-order valence-corrected chi connectivity index (χ3v) is 4.19. The van der Waals surface area contributed by atoms with Crippen molar-refractivity contribution in [1.82, 2.24) is 0 Å². The topological polar surface area (TPSA) is 26.0 Å². The van der Waals surface area contributed by atoms with Crippen molar-refractivity contribution in [2.75, 3.05) is 0 Å². The summed E-state index contributed by atoms with van der Waals surface area (Å²) in [5.41, 5.74) is 6.57. The molecule has 2 unspecified atom stereocenters. The third kappa shape index (κ3) is 1.28. The van der Waals surface area contributed by atoms with Gasteiger partial charge in [-0.25, -0.2) is 0 Å². The second-order valence-electron chi connectivity index (χ2n) is 5.17. The van der Waals surface area contributed by atoms with Crippen LogP contribution in [0.1, 0.15) is 46.0 Å². The number of rotatable bonds is 1. The predicted octanol–water partition coefficient (Wildman–Crippen LogP) is 2.55. The maximum absolute atomic E-state index is 6.31. The molecule has 0 amide bonds. The molecule has 0 aromatic rings. The summed E-state index contributed by atoms with van der Waals surface area (Å²) in [6.45, 7) is 4.67. The number of hydrogen-bond acceptors (Lipinski definition) is 1. The van der Waals surface area contributed by atoms with E-state index in [1.165, 1.54) is 32.1 Å². The van der Waals surface area contributed by atoms with E-state index in [0.29, 0.717) is 0 Å². The van der Waals surface area contributed by atoms with Crippen LogP contribution in [0.5, 0.6) is 0 Å². The lowest BCUT2D eigenvalue weighted by Gasteiger charge is -2.31. The molecule has 2 rings (SSSR count). The molecule has 0 aromatic heterocycles. The summed E-state index contributed by atoms with van der Waals surface area (Å²) in [7, 11) is 0. The first-order valence-corrected chi connectivity index (χ1v) is 5.42. The van der Waals surface area contributed by atoms with Crippen LogP contribution in [0.4, 0.5) is 0 Å². The van der Waals surface area contributed by atoms with Gasteiger partial charge in [0.05, 0.1) is 0 Å². The summed E-state index contributed by atoms with van der Waals surface area (Å²) in [6, 6.07) is 0. The van der Waals surface area contributed by atoms with E-state index in [-0.39, 0.29) is 5.54 Å². The molecule has 2 aliphatic carbocycles. The maximum atomic E-state index is 6.31. The van der Waals surface area contributed by atoms with E-state index < -0.39 is 0 Å². The number of nitrogens with two attached hydrogens (primary N) is 1. The fraction of sp³-hybridized carbons (Fsp3) is 1.00. The minimum Gasteiger partial charge on any atom is -0.325 e. The minimum absolute atomic E-state index is 0.264. The van der Waals surface area contributed by atoms with Gasteiger partial charge in [0.15, 0.2) is 0 Å². The molecular formula is C11H21N. The molecule has 0 aliphatic heterocycles. The largest absolute Gasteiger partial charge is 0.325 e. The third-order valence-electron chi connectivity index (χ3n) is 4.19. The average Bonchev–Trinajstić information content (AvgIpc) is 2.62. The van der Waals surface area contributed by atoms with Gasteiger partial charge < -0.3 is 5.73 Å². The Morgan fingerprint density at radius 3 is 2.00 bits per heavy atom. The van der Waals surface area contributed by atoms with Crippen molar-refractivity contribution in [3.05, 3.63) is 0 Å². The van der Waals surface area contributed by atoms with Crippen LogP contribution in [0, 0.1) is 17.8 Å². The van der Waals surface area contributed by atoms with Gasteiger partial charge in [0.1, 0.15) is 0 Å². The zero-order chi connectivity index (χ0) is 8.77. The Kier molecular flexibility index (Phi) is 1.95. The van der Waals surface area contributed by atoms with Gasteiger partial charge in [-0.05, 0) is 37.0 Å². The van der Waals surface area contributed by atoms with Crippen molar-refractivity contribution in [1.29, 1.82) is 0 Å². The van der Waals surface area contributed by atoms with E-state index >= 15 is 0 Å². The Balaban J connectivity index is 1.90. The van der Waals surface area contributed by atoms with Crippen molar-refractivity contribution >= 4 is 0 Å². The fourth-order valence-electron chi connectivity index (χ4n) is 2.84. The molecule has 1 nitrogen and oxygen atoms in total. The molecule has 2 saturated carbocycles. The van der Waals surface area contributed by atoms with Crippen molar-refractivity contribution < 1.29 is 0 Å². The quantitative estimate of drug-likeness (QED) is 0.638. The Bertz CT molecular complexity index is 170. The lowest BCUT2D eigenvalue weighted by molar-refractivity contribution is 0.236. The standard InChI is InChI=1S/C11H21N/c1-8-3-5-10(6-4-8)11(12)7-9(11)2/h8-10H,3-7,12H2,1-2H3. The van der Waals surface area contributed by atoms with Crippen LogP contribution in [-0.2, 0) is 0 Å². The van der Waals surface area contributed by atoms with E-state index in [4.69, 9.17) is 5.73 Å². The fourth-order valence-corrected chi connectivity index (χ4v) is 2.84. The van der Waals surface area contributed by atoms with Crippen LogP contribution in [0.3, 0.4) is 0 Å². The normalized spacial score (nSPS) is 53.8. The molecule has 0 bridgehead atoms. The molecule has 70 valence electrons. The zero-order valence-electron chi connectivity index (χ0n) is 8.34. The monoisotopic (exact) mass is 167 g/mol. The summed E-state index contributed by atoms with van der Waals surface area (Å²) in [6.07, 6.45) is 6.89. The molecular weight excluding hydrogens is 146 g/mol. The highest BCUT2D eigenvalue weighted by Gasteiger charge is 2.52. The minimum atomic E-state index is 0.264. The maximum Gasteiger partial charge on any atom is 0.0212 e. The van der Waals surface area contributed by atoms with Crippen molar-refractivity contribution in [2.24, 2.45) is 23.5 Å². The van der Waals surface area contributed by atoms with Gasteiger partial charge in [0.2, 0.25) is 0 Å². The SMILES string of the molecule is CC1CCC(C2(N)CC2C)CC1. The van der Waals surface area contributed by atoms with E-state index in [2.05, 4.69) is 13.8 Å². The molecule has 0 spiro atoms. The van der Waals surface area contributed by atoms with Crippen molar-refractivity contribution in [3.63, 3.8) is 0 Å². The molecule has 0 aromatic carbocycles. The van der Waals surface area contributed by atoms with Crippen LogP contribution in [0.2, 0.25) is 0 Å². The molecule has 1 heteroatoms. The smallest absolute Gasteiger partial charge is 0.0212 e. The molecule has 0 heterocycles. The molecule has 0 saturated heterocycles. The van der Waals surface area contributed by atoms with Gasteiger partial charge in [0.25, 0.3) is 0 Å². The first-order chi connectivity index (χ1) is 5.63. The Morgan fingerprint density at radius 2 is 1.58 bits per heavy atom. The number of hydrogen-bond donors (Lipinski definition) is 1. The zero-order valence-corrected chi connectivity index (χ0v) is 8.34. The van der Waals surface area contributed by atoms with Crippen LogP contribution in [0.15, 0.2) is 0 Å². The van der Waals surface area contributed by atoms with Crippen LogP contribution < -0.4 is 5.73 Å². The predicted molar refractivity (Wildman–Crippen MR) is 51.8 cm³/mol. The first-order valence-electron chi connectivity index (χ1n) is 5.42. The van der Waals surface area contributed by atoms with E-state index in [1.807, 2.05) is 0 Å². The Labute approximate surface area is 75.7 Å². The summed E-state index contributed by atoms with van der Waals surface area (Å²) >= 11 is 0. The molecule has 2 N–H and O–H groups in total. The molecule has 12 heavy (non-hydrogen) atoms. The summed E-state index contributed by atoms with van der Waals surface area (Å²) < 4.78 is 0. The second-order valence-corrected chi connectivity index (χ2v) is 5.17. The van der Waals surface area contributed by atoms with Crippen molar-refractivity contribution in [2.45, 2.75) is 51.5 Å². The van der Waals surface area contributed by atoms with Gasteiger partial charge >= 0.3 is 0 Å². The lowest BCUT2D eigenvalue weighted by Crippen LogP contribution is -2.36. The molecule has 2 fully saturated rings. The molecule has 2 atom stereocenters. The van der Waals surface area contributed by atoms with Gasteiger partial charge in [0, 0.05) is 5.54 Å². The van der Waals surface area contributed by atoms with Crippen LogP contribution in [-0.4, -0.2) is 5.54 Å². The van der Waals surface area contributed by atoms with E-state index in [9.17, 15) is 0 Å². The summed E-state index contributed by atoms with van der Waals surface area (Å²) in [5, 5.41) is 0. The highest BCUT2D eigenvalue weighted by molar-refractivity contribution is 5.10. The van der Waals surface area contributed by atoms with Gasteiger partial charge in [-0.1, -0.05) is 26.7 Å². The average molecular weight is 167 g/mol. The van der Waals surface area contributed by atoms with Crippen molar-refractivity contribution in [3.8, 4) is 0 Å². The first kappa shape index (κ1) is 8.55. The van der Waals surface area contributed by atoms with Crippen LogP contribution >= 0.6 is 0 Å². The van der Waals surface area contributed by atoms with Gasteiger partial charge in [-0.2, -0.15) is 0 Å². The highest BCUT2D eigenvalue weighted by atomic mass is 14.9. The van der Waals surface area contributed by atoms with Gasteiger partial charge in [-0.3, -0.25) is 0 Å². The second kappa shape index (κ2) is 2.73. The van der Waals surface area contributed by atoms with Gasteiger partial charge in [-0.15, -0.1) is 0 Å². The molecule has 2 aliphatic rings. The van der Waals surface area contributed by atoms with E-state index in [1.54, 1.807) is 0 Å². The summed E-state index contributed by atoms with van der Waals surface area (Å²) in [5.74, 6) is 2.61. The Morgan fingerprint density at radius 1 is 1.08 bits per heavy atom. The van der Waals surface area contributed by atoms with E-state index in [0.717, 1.165) is 17.8 Å². The Hall–Kier alpha value is -0.0400. The summed E-state index contributed by atoms with van der Waals surface area (Å²) in [4.78, 5) is 0. The lowest BCUT2D eigenvalue weighted by atomic mass is 9.77. The highest BCUT2D eigenvalue weighted by Crippen LogP contribution is 2.51. The molecule has 0 radical (unpaired) electrons.